The first-order valence-electron chi connectivity index (χ1n) is 13.8. The molecule has 0 spiro atoms. The number of amides is 1. The van der Waals surface area contributed by atoms with E-state index >= 15 is 0 Å². The summed E-state index contributed by atoms with van der Waals surface area (Å²) in [6.07, 6.45) is 11.1. The molecule has 1 saturated heterocycles. The highest BCUT2D eigenvalue weighted by molar-refractivity contribution is 5.68. The van der Waals surface area contributed by atoms with Crippen molar-refractivity contribution < 1.29 is 19.0 Å². The molecule has 2 saturated carbocycles. The monoisotopic (exact) mass is 496 g/mol. The van der Waals surface area contributed by atoms with Gasteiger partial charge in [0, 0.05) is 24.4 Å². The lowest BCUT2D eigenvalue weighted by Gasteiger charge is -2.50. The van der Waals surface area contributed by atoms with Crippen LogP contribution in [0.15, 0.2) is 30.0 Å². The van der Waals surface area contributed by atoms with Crippen LogP contribution >= 0.6 is 0 Å². The summed E-state index contributed by atoms with van der Waals surface area (Å²) in [5.74, 6) is 4.62. The first kappa shape index (κ1) is 25.4. The molecule has 4 aliphatic rings. The Morgan fingerprint density at radius 2 is 1.78 bits per heavy atom. The van der Waals surface area contributed by atoms with Crippen molar-refractivity contribution in [2.45, 2.75) is 76.7 Å². The quantitative estimate of drug-likeness (QED) is 0.531. The number of hydrogen-bond acceptors (Lipinski definition) is 5. The van der Waals surface area contributed by atoms with Crippen molar-refractivity contribution in [3.05, 3.63) is 35.6 Å². The molecule has 3 aliphatic carbocycles. The molecule has 0 radical (unpaired) electrons. The standard InChI is InChI=1S/C30H44N2O4/c1-20-12-22-13-21(2)17-29(16-20,18-22)19-31-28(33)36-24-8-9-30(10-11-32(3)27(30)15-24)23-6-7-25(34-4)26(14-23)35-5/h6-7,14-15,20-22,27H,8-13,16-19H2,1-5H3,(H,31,33)/t20?,21?,22?,27-,29?,30-/m0/s1. The predicted octanol–water partition coefficient (Wildman–Crippen LogP) is 5.90. The van der Waals surface area contributed by atoms with E-state index in [2.05, 4.69) is 49.3 Å². The van der Waals surface area contributed by atoms with Crippen LogP contribution in [0.3, 0.4) is 0 Å². The van der Waals surface area contributed by atoms with Crippen molar-refractivity contribution in [1.29, 1.82) is 0 Å². The van der Waals surface area contributed by atoms with Gasteiger partial charge in [0.1, 0.15) is 5.76 Å². The maximum atomic E-state index is 12.9. The van der Waals surface area contributed by atoms with Gasteiger partial charge in [-0.2, -0.15) is 0 Å². The number of alkyl carbamates (subject to hydrolysis) is 1. The molecule has 6 nitrogen and oxygen atoms in total. The first-order valence-corrected chi connectivity index (χ1v) is 13.8. The van der Waals surface area contributed by atoms with E-state index in [1.54, 1.807) is 14.2 Å². The lowest BCUT2D eigenvalue weighted by atomic mass is 9.57. The van der Waals surface area contributed by atoms with E-state index in [9.17, 15) is 4.79 Å². The van der Waals surface area contributed by atoms with Crippen LogP contribution in [-0.4, -0.2) is 51.4 Å². The Balaban J connectivity index is 1.27. The van der Waals surface area contributed by atoms with Crippen molar-refractivity contribution in [1.82, 2.24) is 10.2 Å². The fraction of sp³-hybridized carbons (Fsp3) is 0.700. The summed E-state index contributed by atoms with van der Waals surface area (Å²) in [5, 5.41) is 3.18. The Morgan fingerprint density at radius 1 is 1.06 bits per heavy atom. The Kier molecular flexibility index (Phi) is 7.01. The number of carbonyl (C=O) groups is 1. The number of hydrogen-bond donors (Lipinski definition) is 1. The Bertz CT molecular complexity index is 987. The minimum absolute atomic E-state index is 0.0118. The summed E-state index contributed by atoms with van der Waals surface area (Å²) >= 11 is 0. The number of likely N-dealkylation sites (tertiary alicyclic amines) is 1. The van der Waals surface area contributed by atoms with Gasteiger partial charge >= 0.3 is 6.09 Å². The number of likely N-dealkylation sites (N-methyl/N-ethyl adjacent to an activating group) is 1. The lowest BCUT2D eigenvalue weighted by Crippen LogP contribution is -2.47. The van der Waals surface area contributed by atoms with E-state index in [4.69, 9.17) is 14.2 Å². The van der Waals surface area contributed by atoms with E-state index in [0.717, 1.165) is 67.4 Å². The van der Waals surface area contributed by atoms with Crippen LogP contribution in [0.5, 0.6) is 11.5 Å². The highest BCUT2D eigenvalue weighted by Gasteiger charge is 2.49. The number of allylic oxidation sites excluding steroid dienone is 1. The molecule has 198 valence electrons. The molecule has 1 amide bonds. The molecular weight excluding hydrogens is 452 g/mol. The van der Waals surface area contributed by atoms with Crippen LogP contribution in [0.2, 0.25) is 0 Å². The molecule has 2 bridgehead atoms. The van der Waals surface area contributed by atoms with E-state index in [0.29, 0.717) is 0 Å². The maximum absolute atomic E-state index is 12.9. The van der Waals surface area contributed by atoms with E-state index < -0.39 is 0 Å². The van der Waals surface area contributed by atoms with Crippen molar-refractivity contribution >= 4 is 6.09 Å². The topological polar surface area (TPSA) is 60.0 Å². The zero-order chi connectivity index (χ0) is 25.5. The van der Waals surface area contributed by atoms with Crippen LogP contribution in [0.1, 0.15) is 70.8 Å². The summed E-state index contributed by atoms with van der Waals surface area (Å²) in [6.45, 7) is 6.51. The molecular formula is C30H44N2O4. The Hall–Kier alpha value is -2.21. The van der Waals surface area contributed by atoms with Crippen LogP contribution in [0.4, 0.5) is 4.79 Å². The van der Waals surface area contributed by atoms with Crippen molar-refractivity contribution in [2.75, 3.05) is 34.4 Å². The Labute approximate surface area is 216 Å². The van der Waals surface area contributed by atoms with E-state index in [-0.39, 0.29) is 23.0 Å². The van der Waals surface area contributed by atoms with Gasteiger partial charge in [-0.25, -0.2) is 4.79 Å². The zero-order valence-corrected chi connectivity index (χ0v) is 22.8. The summed E-state index contributed by atoms with van der Waals surface area (Å²) < 4.78 is 17.0. The average Bonchev–Trinajstić information content (AvgIpc) is 3.18. The number of benzene rings is 1. The number of methoxy groups -OCH3 is 2. The third kappa shape index (κ3) is 4.73. The normalized spacial score (nSPS) is 36.0. The molecule has 0 aromatic heterocycles. The molecule has 1 aliphatic heterocycles. The predicted molar refractivity (Wildman–Crippen MR) is 141 cm³/mol. The summed E-state index contributed by atoms with van der Waals surface area (Å²) in [4.78, 5) is 15.3. The first-order chi connectivity index (χ1) is 17.3. The van der Waals surface area contributed by atoms with Gasteiger partial charge in [-0.05, 0) is 105 Å². The van der Waals surface area contributed by atoms with Crippen molar-refractivity contribution in [3.8, 4) is 11.5 Å². The van der Waals surface area contributed by atoms with Gasteiger partial charge in [0.2, 0.25) is 0 Å². The molecule has 1 heterocycles. The molecule has 5 rings (SSSR count). The van der Waals surface area contributed by atoms with Crippen LogP contribution < -0.4 is 14.8 Å². The smallest absolute Gasteiger partial charge is 0.412 e. The van der Waals surface area contributed by atoms with E-state index in [1.165, 1.54) is 37.7 Å². The average molecular weight is 497 g/mol. The SMILES string of the molecule is COc1ccc([C@@]23CCC(OC(=O)NCC45CC(C)CC(CC(C)C4)C5)=C[C@@H]2N(C)CC3)cc1OC. The third-order valence-electron chi connectivity index (χ3n) is 9.66. The van der Waals surface area contributed by atoms with Gasteiger partial charge in [-0.3, -0.25) is 4.90 Å². The number of rotatable bonds is 6. The summed E-state index contributed by atoms with van der Waals surface area (Å²) in [7, 11) is 5.52. The molecule has 1 aromatic rings. The molecule has 4 atom stereocenters. The number of ether oxygens (including phenoxy) is 3. The Morgan fingerprint density at radius 3 is 2.47 bits per heavy atom. The minimum Gasteiger partial charge on any atom is -0.493 e. The zero-order valence-electron chi connectivity index (χ0n) is 22.8. The molecule has 3 fully saturated rings. The summed E-state index contributed by atoms with van der Waals surface area (Å²) in [6, 6.07) is 6.48. The largest absolute Gasteiger partial charge is 0.493 e. The third-order valence-corrected chi connectivity index (χ3v) is 9.66. The maximum Gasteiger partial charge on any atom is 0.412 e. The van der Waals surface area contributed by atoms with E-state index in [1.807, 2.05) is 6.07 Å². The van der Waals surface area contributed by atoms with Gasteiger partial charge in [0.05, 0.1) is 14.2 Å². The van der Waals surface area contributed by atoms with Gasteiger partial charge in [-0.1, -0.05) is 19.9 Å². The molecule has 36 heavy (non-hydrogen) atoms. The fourth-order valence-corrected chi connectivity index (χ4v) is 8.48. The highest BCUT2D eigenvalue weighted by Crippen LogP contribution is 2.53. The van der Waals surface area contributed by atoms with Gasteiger partial charge < -0.3 is 19.5 Å². The fourth-order valence-electron chi connectivity index (χ4n) is 8.48. The number of nitrogens with one attached hydrogen (secondary N) is 1. The van der Waals surface area contributed by atoms with Crippen LogP contribution in [0.25, 0.3) is 0 Å². The van der Waals surface area contributed by atoms with Gasteiger partial charge in [-0.15, -0.1) is 0 Å². The number of carbonyl (C=O) groups excluding carboxylic acids is 1. The summed E-state index contributed by atoms with van der Waals surface area (Å²) in [5.41, 5.74) is 1.50. The van der Waals surface area contributed by atoms with Crippen molar-refractivity contribution in [2.24, 2.45) is 23.2 Å². The lowest BCUT2D eigenvalue weighted by molar-refractivity contribution is 0.0185. The molecule has 2 unspecified atom stereocenters. The second kappa shape index (κ2) is 9.92. The number of fused-ring (bicyclic) bond motifs is 3. The minimum atomic E-state index is -0.289. The second-order valence-corrected chi connectivity index (χ2v) is 12.4. The van der Waals surface area contributed by atoms with Crippen LogP contribution in [0, 0.1) is 23.2 Å². The van der Waals surface area contributed by atoms with Gasteiger partial charge in [0.15, 0.2) is 11.5 Å². The van der Waals surface area contributed by atoms with Gasteiger partial charge in [0.25, 0.3) is 0 Å². The second-order valence-electron chi connectivity index (χ2n) is 12.4. The molecule has 1 aromatic carbocycles. The highest BCUT2D eigenvalue weighted by atomic mass is 16.6. The van der Waals surface area contributed by atoms with Crippen LogP contribution in [-0.2, 0) is 10.2 Å². The van der Waals surface area contributed by atoms with Crippen molar-refractivity contribution in [3.63, 3.8) is 0 Å². The molecule has 6 heteroatoms. The number of nitrogens with zero attached hydrogens (tertiary/aromatic N) is 1. The molecule has 1 N–H and O–H groups in total.